The Kier molecular flexibility index (Phi) is 5.69. The van der Waals surface area contributed by atoms with Gasteiger partial charge in [-0.25, -0.2) is 9.97 Å². The smallest absolute Gasteiger partial charge is 0.226 e. The summed E-state index contributed by atoms with van der Waals surface area (Å²) in [5.74, 6) is 1.57. The number of hydrogen-bond acceptors (Lipinski definition) is 5. The van der Waals surface area contributed by atoms with Gasteiger partial charge in [0.1, 0.15) is 0 Å². The summed E-state index contributed by atoms with van der Waals surface area (Å²) < 4.78 is 0. The molecule has 1 aliphatic heterocycles. The van der Waals surface area contributed by atoms with Crippen molar-refractivity contribution in [3.05, 3.63) is 36.2 Å². The third-order valence-electron chi connectivity index (χ3n) is 3.97. The molecule has 5 nitrogen and oxygen atoms in total. The maximum atomic E-state index is 5.79. The monoisotopic (exact) mass is 319 g/mol. The van der Waals surface area contributed by atoms with E-state index in [0.717, 1.165) is 42.0 Å². The van der Waals surface area contributed by atoms with Crippen molar-refractivity contribution in [2.24, 2.45) is 11.7 Å². The molecule has 2 aromatic heterocycles. The lowest BCUT2D eigenvalue weighted by molar-refractivity contribution is 0.434. The van der Waals surface area contributed by atoms with Crippen molar-refractivity contribution < 1.29 is 0 Å². The molecule has 0 atom stereocenters. The zero-order valence-corrected chi connectivity index (χ0v) is 13.6. The third-order valence-corrected chi connectivity index (χ3v) is 3.97. The van der Waals surface area contributed by atoms with E-state index in [4.69, 9.17) is 10.7 Å². The van der Waals surface area contributed by atoms with Gasteiger partial charge in [-0.3, -0.25) is 4.98 Å². The molecule has 0 spiro atoms. The van der Waals surface area contributed by atoms with Crippen molar-refractivity contribution in [2.75, 3.05) is 18.0 Å². The van der Waals surface area contributed by atoms with E-state index in [-0.39, 0.29) is 12.4 Å². The van der Waals surface area contributed by atoms with Crippen LogP contribution in [0.15, 0.2) is 30.5 Å². The van der Waals surface area contributed by atoms with E-state index >= 15 is 0 Å². The summed E-state index contributed by atoms with van der Waals surface area (Å²) >= 11 is 0. The molecule has 0 bridgehead atoms. The molecule has 6 heteroatoms. The Balaban J connectivity index is 0.00000176. The summed E-state index contributed by atoms with van der Waals surface area (Å²) in [6, 6.07) is 7.76. The van der Waals surface area contributed by atoms with Crippen LogP contribution in [0.25, 0.3) is 11.4 Å². The molecule has 0 unspecified atom stereocenters. The average molecular weight is 320 g/mol. The fourth-order valence-electron chi connectivity index (χ4n) is 2.58. The highest BCUT2D eigenvalue weighted by Crippen LogP contribution is 2.23. The summed E-state index contributed by atoms with van der Waals surface area (Å²) in [7, 11) is 0. The summed E-state index contributed by atoms with van der Waals surface area (Å²) in [5, 5.41) is 0. The van der Waals surface area contributed by atoms with E-state index in [9.17, 15) is 0 Å². The van der Waals surface area contributed by atoms with Gasteiger partial charge in [0.25, 0.3) is 0 Å². The Morgan fingerprint density at radius 3 is 2.59 bits per heavy atom. The predicted molar refractivity (Wildman–Crippen MR) is 91.0 cm³/mol. The Bertz CT molecular complexity index is 597. The minimum atomic E-state index is 0. The lowest BCUT2D eigenvalue weighted by Gasteiger charge is -2.30. The Hall–Kier alpha value is -1.72. The number of anilines is 1. The molecular weight excluding hydrogens is 298 g/mol. The second-order valence-electron chi connectivity index (χ2n) is 5.63. The highest BCUT2D eigenvalue weighted by Gasteiger charge is 2.19. The molecule has 22 heavy (non-hydrogen) atoms. The van der Waals surface area contributed by atoms with Crippen LogP contribution in [0.3, 0.4) is 0 Å². The van der Waals surface area contributed by atoms with Gasteiger partial charge in [0.15, 0.2) is 0 Å². The van der Waals surface area contributed by atoms with E-state index in [1.165, 1.54) is 12.8 Å². The van der Waals surface area contributed by atoms with Crippen molar-refractivity contribution in [2.45, 2.75) is 26.3 Å². The van der Waals surface area contributed by atoms with Gasteiger partial charge in [0, 0.05) is 25.8 Å². The van der Waals surface area contributed by atoms with Crippen molar-refractivity contribution in [1.82, 2.24) is 15.0 Å². The number of hydrogen-bond donors (Lipinski definition) is 1. The standard InChI is InChI=1S/C16H21N5.ClH/c1-12-5-8-21(9-6-12)16-19-13(11-17)10-15(20-16)14-4-2-3-7-18-14;/h2-4,7,10,12H,5-6,8-9,11,17H2,1H3;1H. The first-order valence-electron chi connectivity index (χ1n) is 7.50. The molecule has 118 valence electrons. The van der Waals surface area contributed by atoms with Gasteiger partial charge in [-0.2, -0.15) is 0 Å². The van der Waals surface area contributed by atoms with E-state index in [2.05, 4.69) is 21.8 Å². The van der Waals surface area contributed by atoms with Crippen LogP contribution in [-0.2, 0) is 6.54 Å². The lowest BCUT2D eigenvalue weighted by atomic mass is 10.00. The van der Waals surface area contributed by atoms with Gasteiger partial charge in [0.2, 0.25) is 5.95 Å². The molecule has 2 aromatic rings. The molecule has 0 amide bonds. The number of piperidine rings is 1. The molecular formula is C16H22ClN5. The molecule has 3 rings (SSSR count). The highest BCUT2D eigenvalue weighted by atomic mass is 35.5. The number of pyridine rings is 1. The van der Waals surface area contributed by atoms with Crippen LogP contribution >= 0.6 is 12.4 Å². The Labute approximate surface area is 137 Å². The quantitative estimate of drug-likeness (QED) is 0.942. The third kappa shape index (κ3) is 3.72. The minimum absolute atomic E-state index is 0. The number of halogens is 1. The molecule has 3 heterocycles. The number of nitrogens with two attached hydrogens (primary N) is 1. The average Bonchev–Trinajstić information content (AvgIpc) is 2.56. The SMILES string of the molecule is CC1CCN(c2nc(CN)cc(-c3ccccn3)n2)CC1.Cl. The van der Waals surface area contributed by atoms with Gasteiger partial charge < -0.3 is 10.6 Å². The fourth-order valence-corrected chi connectivity index (χ4v) is 2.58. The molecule has 0 aliphatic carbocycles. The van der Waals surface area contributed by atoms with Crippen LogP contribution in [0.1, 0.15) is 25.5 Å². The van der Waals surface area contributed by atoms with E-state index in [1.807, 2.05) is 24.3 Å². The van der Waals surface area contributed by atoms with Crippen LogP contribution in [0.2, 0.25) is 0 Å². The van der Waals surface area contributed by atoms with Crippen LogP contribution in [0, 0.1) is 5.92 Å². The van der Waals surface area contributed by atoms with Crippen molar-refractivity contribution >= 4 is 18.4 Å². The molecule has 0 radical (unpaired) electrons. The second kappa shape index (κ2) is 7.51. The lowest BCUT2D eigenvalue weighted by Crippen LogP contribution is -2.34. The molecule has 1 saturated heterocycles. The zero-order chi connectivity index (χ0) is 14.7. The van der Waals surface area contributed by atoms with Gasteiger partial charge in [-0.1, -0.05) is 13.0 Å². The van der Waals surface area contributed by atoms with E-state index < -0.39 is 0 Å². The summed E-state index contributed by atoms with van der Waals surface area (Å²) in [5.41, 5.74) is 8.36. The summed E-state index contributed by atoms with van der Waals surface area (Å²) in [6.45, 7) is 4.74. The zero-order valence-electron chi connectivity index (χ0n) is 12.8. The van der Waals surface area contributed by atoms with Crippen LogP contribution in [0.4, 0.5) is 5.95 Å². The van der Waals surface area contributed by atoms with Gasteiger partial charge >= 0.3 is 0 Å². The summed E-state index contributed by atoms with van der Waals surface area (Å²) in [4.78, 5) is 15.9. The molecule has 2 N–H and O–H groups in total. The Morgan fingerprint density at radius 1 is 1.18 bits per heavy atom. The van der Waals surface area contributed by atoms with Gasteiger partial charge in [-0.05, 0) is 37.0 Å². The van der Waals surface area contributed by atoms with Gasteiger partial charge in [-0.15, -0.1) is 12.4 Å². The topological polar surface area (TPSA) is 67.9 Å². The van der Waals surface area contributed by atoms with Crippen LogP contribution < -0.4 is 10.6 Å². The first-order chi connectivity index (χ1) is 10.3. The predicted octanol–water partition coefficient (Wildman–Crippen LogP) is 2.66. The highest BCUT2D eigenvalue weighted by molar-refractivity contribution is 5.85. The number of rotatable bonds is 3. The second-order valence-corrected chi connectivity index (χ2v) is 5.63. The fraction of sp³-hybridized carbons (Fsp3) is 0.438. The van der Waals surface area contributed by atoms with E-state index in [1.54, 1.807) is 6.20 Å². The first-order valence-corrected chi connectivity index (χ1v) is 7.50. The summed E-state index contributed by atoms with van der Waals surface area (Å²) in [6.07, 6.45) is 4.16. The largest absolute Gasteiger partial charge is 0.341 e. The van der Waals surface area contributed by atoms with Crippen LogP contribution in [-0.4, -0.2) is 28.0 Å². The van der Waals surface area contributed by atoms with Crippen LogP contribution in [0.5, 0.6) is 0 Å². The first kappa shape index (κ1) is 16.6. The van der Waals surface area contributed by atoms with Crippen molar-refractivity contribution in [3.63, 3.8) is 0 Å². The Morgan fingerprint density at radius 2 is 1.95 bits per heavy atom. The van der Waals surface area contributed by atoms with E-state index in [0.29, 0.717) is 6.54 Å². The van der Waals surface area contributed by atoms with Crippen molar-refractivity contribution in [3.8, 4) is 11.4 Å². The maximum Gasteiger partial charge on any atom is 0.226 e. The molecule has 1 aliphatic rings. The number of nitrogens with zero attached hydrogens (tertiary/aromatic N) is 4. The number of aromatic nitrogens is 3. The maximum absolute atomic E-state index is 5.79. The van der Waals surface area contributed by atoms with Crippen molar-refractivity contribution in [1.29, 1.82) is 0 Å². The minimum Gasteiger partial charge on any atom is -0.341 e. The molecule has 1 fully saturated rings. The normalized spacial score (nSPS) is 15.5. The molecule has 0 aromatic carbocycles. The molecule has 0 saturated carbocycles. The van der Waals surface area contributed by atoms with Gasteiger partial charge in [0.05, 0.1) is 17.1 Å².